The van der Waals surface area contributed by atoms with E-state index in [-0.39, 0.29) is 60.3 Å². The highest BCUT2D eigenvalue weighted by Crippen LogP contribution is 2.40. The molecule has 18 heteroatoms. The van der Waals surface area contributed by atoms with E-state index in [1.54, 1.807) is 29.3 Å². The number of para-hydroxylation sites is 1. The summed E-state index contributed by atoms with van der Waals surface area (Å²) in [5.41, 5.74) is 1.54. The van der Waals surface area contributed by atoms with Crippen molar-refractivity contribution in [2.75, 3.05) is 42.3 Å². The average Bonchev–Trinajstić information content (AvgIpc) is 3.71. The number of methoxy groups -OCH3 is 1. The molecule has 2 fully saturated rings. The molecule has 0 bridgehead atoms. The van der Waals surface area contributed by atoms with Crippen LogP contribution in [-0.2, 0) is 25.8 Å². The number of rotatable bonds is 10. The van der Waals surface area contributed by atoms with Crippen LogP contribution in [-0.4, -0.2) is 107 Å². The van der Waals surface area contributed by atoms with Crippen LogP contribution in [0.4, 0.5) is 17.2 Å². The lowest BCUT2D eigenvalue weighted by atomic mass is 9.49. The van der Waals surface area contributed by atoms with Gasteiger partial charge in [0.2, 0.25) is 11.8 Å². The Hall–Kier alpha value is -3.92. The predicted octanol–water partition coefficient (Wildman–Crippen LogP) is -1.26. The summed E-state index contributed by atoms with van der Waals surface area (Å²) in [7, 11) is 4.00. The molecule has 1 aliphatic carbocycles. The zero-order chi connectivity index (χ0) is 31.6. The summed E-state index contributed by atoms with van der Waals surface area (Å²) in [6.07, 6.45) is 3.40. The molecule has 0 unspecified atom stereocenters. The molecule has 44 heavy (non-hydrogen) atoms. The van der Waals surface area contributed by atoms with Gasteiger partial charge in [-0.05, 0) is 30.2 Å². The van der Waals surface area contributed by atoms with Crippen LogP contribution in [0.2, 0.25) is 0 Å². The lowest BCUT2D eigenvalue weighted by Crippen LogP contribution is -2.50. The van der Waals surface area contributed by atoms with Crippen molar-refractivity contribution in [3.8, 4) is 16.3 Å². The Morgan fingerprint density at radius 2 is 1.84 bits per heavy atom. The highest BCUT2D eigenvalue weighted by molar-refractivity contribution is 7.91. The zero-order valence-electron chi connectivity index (χ0n) is 25.0. The molecule has 3 N–H and O–H groups in total. The second-order valence-corrected chi connectivity index (χ2v) is 15.2. The van der Waals surface area contributed by atoms with Gasteiger partial charge in [0.25, 0.3) is 5.91 Å². The maximum atomic E-state index is 13.2. The Morgan fingerprint density at radius 3 is 2.50 bits per heavy atom. The minimum Gasteiger partial charge on any atom is -0.494 e. The molecular weight excluding hydrogens is 603 g/mol. The normalized spacial score (nSPS) is 16.2. The van der Waals surface area contributed by atoms with Crippen molar-refractivity contribution in [2.24, 2.45) is 5.92 Å². The number of anilines is 3. The van der Waals surface area contributed by atoms with Gasteiger partial charge in [0.15, 0.2) is 27.1 Å². The summed E-state index contributed by atoms with van der Waals surface area (Å²) in [4.78, 5) is 45.2. The lowest BCUT2D eigenvalue weighted by molar-refractivity contribution is -0.130. The van der Waals surface area contributed by atoms with E-state index in [1.165, 1.54) is 18.4 Å². The molecular formula is C26H32B3N7O6S2. The molecule has 3 amide bonds. The zero-order valence-corrected chi connectivity index (χ0v) is 26.6. The number of nitrogens with one attached hydrogen (secondary N) is 3. The summed E-state index contributed by atoms with van der Waals surface area (Å²) >= 11 is 1.34. The van der Waals surface area contributed by atoms with Crippen LogP contribution in [0.25, 0.3) is 10.6 Å². The Balaban J connectivity index is 1.40. The van der Waals surface area contributed by atoms with Gasteiger partial charge >= 0.3 is 0 Å². The third-order valence-electron chi connectivity index (χ3n) is 6.99. The number of amides is 3. The number of ether oxygens (including phenoxy) is 1. The van der Waals surface area contributed by atoms with E-state index in [0.29, 0.717) is 27.7 Å². The molecule has 228 valence electrons. The predicted molar refractivity (Wildman–Crippen MR) is 176 cm³/mol. The average molecular weight is 635 g/mol. The molecule has 2 aromatic heterocycles. The number of aromatic nitrogens is 3. The molecule has 1 aliphatic heterocycles. The molecule has 3 heterocycles. The second kappa shape index (κ2) is 12.6. The number of carbonyl (C=O) groups excluding carboxylic acids is 3. The highest BCUT2D eigenvalue weighted by atomic mass is 32.2. The quantitative estimate of drug-likeness (QED) is 0.229. The van der Waals surface area contributed by atoms with Crippen LogP contribution in [0.15, 0.2) is 30.5 Å². The Bertz CT molecular complexity index is 1700. The molecule has 0 radical (unpaired) electrons. The molecule has 3 aromatic rings. The van der Waals surface area contributed by atoms with E-state index in [9.17, 15) is 22.8 Å². The minimum absolute atomic E-state index is 0.0232. The van der Waals surface area contributed by atoms with Crippen molar-refractivity contribution in [2.45, 2.75) is 24.5 Å². The van der Waals surface area contributed by atoms with Crippen molar-refractivity contribution in [1.82, 2.24) is 25.4 Å². The van der Waals surface area contributed by atoms with Gasteiger partial charge in [-0.1, -0.05) is 6.07 Å². The lowest BCUT2D eigenvalue weighted by Gasteiger charge is -2.26. The molecule has 5 rings (SSSR count). The largest absolute Gasteiger partial charge is 0.494 e. The Labute approximate surface area is 262 Å². The van der Waals surface area contributed by atoms with Gasteiger partial charge in [-0.25, -0.2) is 13.4 Å². The summed E-state index contributed by atoms with van der Waals surface area (Å²) < 4.78 is 29.2. The fourth-order valence-electron chi connectivity index (χ4n) is 4.59. The van der Waals surface area contributed by atoms with Crippen molar-refractivity contribution in [3.63, 3.8) is 0 Å². The summed E-state index contributed by atoms with van der Waals surface area (Å²) in [5, 5.41) is 17.2. The summed E-state index contributed by atoms with van der Waals surface area (Å²) in [6.45, 7) is 0.389. The van der Waals surface area contributed by atoms with Gasteiger partial charge in [0.1, 0.15) is 28.5 Å². The fourth-order valence-corrected chi connectivity index (χ4v) is 6.72. The monoisotopic (exact) mass is 635 g/mol. The third kappa shape index (κ3) is 7.77. The van der Waals surface area contributed by atoms with Gasteiger partial charge in [0, 0.05) is 36.1 Å². The number of hydrogen-bond donors (Lipinski definition) is 3. The van der Waals surface area contributed by atoms with Crippen LogP contribution in [0.3, 0.4) is 0 Å². The van der Waals surface area contributed by atoms with Gasteiger partial charge in [-0.2, -0.15) is 0 Å². The topological polar surface area (TPSA) is 173 Å². The summed E-state index contributed by atoms with van der Waals surface area (Å²) in [5.74, 6) is -0.147. The van der Waals surface area contributed by atoms with E-state index in [2.05, 4.69) is 31.1 Å². The molecule has 1 saturated carbocycles. The van der Waals surface area contributed by atoms with E-state index in [1.807, 2.05) is 29.6 Å². The van der Waals surface area contributed by atoms with Gasteiger partial charge < -0.3 is 25.6 Å². The standard InChI is InChI=1S/C26H32B3N7O6S2/c1-42-22-16(25-30-13-15(43-25)11-20(37)36-7-9-44(40,41)10-8-36)3-2-4-17(22)31-18-12-19(32-23(38)14-5-6-14)34-35-21(18)24(39)33-26(27,28)29/h2-4,12-14H,5-11,27-29H2,1H3,(H,33,39)(H2,31,32,34,38). The van der Waals surface area contributed by atoms with Gasteiger partial charge in [0.05, 0.1) is 42.0 Å². The first kappa shape index (κ1) is 31.5. The molecule has 0 spiro atoms. The maximum Gasteiger partial charge on any atom is 0.272 e. The van der Waals surface area contributed by atoms with E-state index in [4.69, 9.17) is 4.74 Å². The minimum atomic E-state index is -3.08. The number of thiazole rings is 1. The van der Waals surface area contributed by atoms with E-state index < -0.39 is 21.0 Å². The second-order valence-electron chi connectivity index (χ2n) is 11.8. The van der Waals surface area contributed by atoms with Crippen LogP contribution >= 0.6 is 11.3 Å². The third-order valence-corrected chi connectivity index (χ3v) is 9.63. The molecule has 2 aliphatic rings. The first-order valence-electron chi connectivity index (χ1n) is 14.2. The molecule has 0 atom stereocenters. The first-order chi connectivity index (χ1) is 20.8. The van der Waals surface area contributed by atoms with Crippen LogP contribution in [0.1, 0.15) is 28.2 Å². The van der Waals surface area contributed by atoms with Crippen LogP contribution < -0.4 is 20.7 Å². The van der Waals surface area contributed by atoms with Gasteiger partial charge in [-0.3, -0.25) is 14.4 Å². The van der Waals surface area contributed by atoms with Crippen molar-refractivity contribution in [1.29, 1.82) is 0 Å². The Morgan fingerprint density at radius 1 is 1.11 bits per heavy atom. The Kier molecular flexibility index (Phi) is 9.02. The molecule has 1 saturated heterocycles. The van der Waals surface area contributed by atoms with Crippen molar-refractivity contribution >= 4 is 79.6 Å². The summed E-state index contributed by atoms with van der Waals surface area (Å²) in [6, 6.07) is 6.98. The SMILES string of the molecule is BC(B)(B)NC(=O)c1nnc(NC(=O)C2CC2)cc1Nc1cccc(-c2ncc(CC(=O)N3CCS(=O)(=O)CC3)s2)c1OC. The van der Waals surface area contributed by atoms with Gasteiger partial charge in [-0.15, -0.1) is 21.5 Å². The fraction of sp³-hybridized carbons (Fsp3) is 0.385. The molecule has 13 nitrogen and oxygen atoms in total. The van der Waals surface area contributed by atoms with E-state index >= 15 is 0 Å². The van der Waals surface area contributed by atoms with Crippen LogP contribution in [0, 0.1) is 5.92 Å². The van der Waals surface area contributed by atoms with Crippen LogP contribution in [0.5, 0.6) is 5.75 Å². The number of carbonyl (C=O) groups is 3. The van der Waals surface area contributed by atoms with E-state index in [0.717, 1.165) is 17.7 Å². The molecule has 1 aromatic carbocycles. The number of benzene rings is 1. The number of sulfone groups is 1. The number of nitrogens with zero attached hydrogens (tertiary/aromatic N) is 4. The highest BCUT2D eigenvalue weighted by Gasteiger charge is 2.31. The first-order valence-corrected chi connectivity index (χ1v) is 16.8. The number of hydrogen-bond acceptors (Lipinski definition) is 11. The van der Waals surface area contributed by atoms with Crippen molar-refractivity contribution < 1.29 is 27.5 Å². The maximum absolute atomic E-state index is 13.2. The smallest absolute Gasteiger partial charge is 0.272 e. The van der Waals surface area contributed by atoms with Crippen molar-refractivity contribution in [3.05, 3.63) is 41.0 Å².